The van der Waals surface area contributed by atoms with E-state index in [9.17, 15) is 10.2 Å². The number of hydrogen-bond acceptors (Lipinski definition) is 3. The molecule has 0 radical (unpaired) electrons. The van der Waals surface area contributed by atoms with Crippen molar-refractivity contribution in [3.05, 3.63) is 65.7 Å². The van der Waals surface area contributed by atoms with Gasteiger partial charge in [-0.3, -0.25) is 4.90 Å². The van der Waals surface area contributed by atoms with Crippen LogP contribution in [0.25, 0.3) is 0 Å². The van der Waals surface area contributed by atoms with Crippen molar-refractivity contribution in [1.82, 2.24) is 4.90 Å². The largest absolute Gasteiger partial charge is 0.508 e. The van der Waals surface area contributed by atoms with Crippen LogP contribution in [0.2, 0.25) is 0 Å². The van der Waals surface area contributed by atoms with E-state index < -0.39 is 6.10 Å². The van der Waals surface area contributed by atoms with Crippen LogP contribution >= 0.6 is 0 Å². The SMILES string of the molecule is CC(C(O)c1ccc(O)cc1)N1CC2CC(Cc3ccccc3)CC2C1. The molecule has 26 heavy (non-hydrogen) atoms. The summed E-state index contributed by atoms with van der Waals surface area (Å²) in [6.45, 7) is 4.33. The number of likely N-dealkylation sites (tertiary alicyclic amines) is 1. The average Bonchev–Trinajstić information content (AvgIpc) is 3.20. The molecule has 2 fully saturated rings. The number of fused-ring (bicyclic) bond motifs is 1. The third-order valence-electron chi connectivity index (χ3n) is 6.51. The molecular formula is C23H29NO2. The molecule has 0 amide bonds. The van der Waals surface area contributed by atoms with Gasteiger partial charge in [-0.2, -0.15) is 0 Å². The second-order valence-corrected chi connectivity index (χ2v) is 8.28. The van der Waals surface area contributed by atoms with Gasteiger partial charge in [0.25, 0.3) is 0 Å². The lowest BCUT2D eigenvalue weighted by Gasteiger charge is -2.30. The lowest BCUT2D eigenvalue weighted by molar-refractivity contribution is 0.0660. The fourth-order valence-electron chi connectivity index (χ4n) is 5.06. The van der Waals surface area contributed by atoms with Crippen molar-refractivity contribution in [2.45, 2.75) is 38.3 Å². The molecule has 3 heteroatoms. The Bertz CT molecular complexity index is 701. The van der Waals surface area contributed by atoms with Crippen molar-refractivity contribution < 1.29 is 10.2 Å². The Labute approximate surface area is 156 Å². The zero-order valence-corrected chi connectivity index (χ0v) is 15.5. The van der Waals surface area contributed by atoms with E-state index in [-0.39, 0.29) is 11.8 Å². The molecule has 1 aliphatic heterocycles. The van der Waals surface area contributed by atoms with Crippen molar-refractivity contribution in [3.8, 4) is 5.75 Å². The van der Waals surface area contributed by atoms with Gasteiger partial charge in [0.05, 0.1) is 6.10 Å². The highest BCUT2D eigenvalue weighted by atomic mass is 16.3. The second-order valence-electron chi connectivity index (χ2n) is 8.28. The van der Waals surface area contributed by atoms with Gasteiger partial charge in [-0.15, -0.1) is 0 Å². The van der Waals surface area contributed by atoms with Crippen molar-refractivity contribution in [2.24, 2.45) is 17.8 Å². The topological polar surface area (TPSA) is 43.7 Å². The quantitative estimate of drug-likeness (QED) is 0.855. The summed E-state index contributed by atoms with van der Waals surface area (Å²) >= 11 is 0. The van der Waals surface area contributed by atoms with Gasteiger partial charge in [0.2, 0.25) is 0 Å². The van der Waals surface area contributed by atoms with Crippen LogP contribution in [-0.2, 0) is 6.42 Å². The smallest absolute Gasteiger partial charge is 0.115 e. The van der Waals surface area contributed by atoms with Gasteiger partial charge < -0.3 is 10.2 Å². The maximum atomic E-state index is 10.7. The number of phenols is 1. The van der Waals surface area contributed by atoms with E-state index in [1.54, 1.807) is 12.1 Å². The molecule has 1 heterocycles. The molecule has 1 saturated heterocycles. The molecule has 1 aliphatic carbocycles. The van der Waals surface area contributed by atoms with Crippen LogP contribution in [0.15, 0.2) is 54.6 Å². The molecule has 3 nitrogen and oxygen atoms in total. The van der Waals surface area contributed by atoms with Crippen LogP contribution in [0.3, 0.4) is 0 Å². The van der Waals surface area contributed by atoms with E-state index in [0.29, 0.717) is 0 Å². The number of aliphatic hydroxyl groups is 1. The maximum absolute atomic E-state index is 10.7. The number of aliphatic hydroxyl groups excluding tert-OH is 1. The van der Waals surface area contributed by atoms with Crippen LogP contribution in [0.1, 0.15) is 37.0 Å². The number of hydrogen-bond donors (Lipinski definition) is 2. The Morgan fingerprint density at radius 2 is 1.58 bits per heavy atom. The zero-order chi connectivity index (χ0) is 18.1. The summed E-state index contributed by atoms with van der Waals surface area (Å²) in [6, 6.07) is 17.9. The number of phenolic OH excluding ortho intramolecular Hbond substituents is 1. The van der Waals surface area contributed by atoms with E-state index in [4.69, 9.17) is 0 Å². The van der Waals surface area contributed by atoms with E-state index in [2.05, 4.69) is 42.2 Å². The number of aromatic hydroxyl groups is 1. The van der Waals surface area contributed by atoms with E-state index in [1.807, 2.05) is 12.1 Å². The van der Waals surface area contributed by atoms with Crippen molar-refractivity contribution >= 4 is 0 Å². The Morgan fingerprint density at radius 3 is 2.19 bits per heavy atom. The monoisotopic (exact) mass is 351 g/mol. The van der Waals surface area contributed by atoms with Gasteiger partial charge in [-0.25, -0.2) is 0 Å². The normalized spacial score (nSPS) is 28.0. The molecule has 2 aromatic rings. The Balaban J connectivity index is 1.33. The summed E-state index contributed by atoms with van der Waals surface area (Å²) in [5, 5.41) is 20.2. The minimum Gasteiger partial charge on any atom is -0.508 e. The summed E-state index contributed by atoms with van der Waals surface area (Å²) in [5.41, 5.74) is 2.35. The highest BCUT2D eigenvalue weighted by Crippen LogP contribution is 2.44. The highest BCUT2D eigenvalue weighted by Gasteiger charge is 2.42. The molecule has 2 aliphatic rings. The number of nitrogens with zero attached hydrogens (tertiary/aromatic N) is 1. The molecule has 0 bridgehead atoms. The second kappa shape index (κ2) is 7.42. The molecule has 4 rings (SSSR count). The van der Waals surface area contributed by atoms with E-state index in [0.717, 1.165) is 36.4 Å². The lowest BCUT2D eigenvalue weighted by Crippen LogP contribution is -2.36. The van der Waals surface area contributed by atoms with Crippen LogP contribution in [0.4, 0.5) is 0 Å². The molecule has 0 aromatic heterocycles. The highest BCUT2D eigenvalue weighted by molar-refractivity contribution is 5.28. The predicted octanol–water partition coefficient (Wildman–Crippen LogP) is 4.01. The Hall–Kier alpha value is -1.84. The zero-order valence-electron chi connectivity index (χ0n) is 15.5. The first-order chi connectivity index (χ1) is 12.6. The molecule has 2 N–H and O–H groups in total. The Kier molecular flexibility index (Phi) is 5.01. The first kappa shape index (κ1) is 17.6. The third-order valence-corrected chi connectivity index (χ3v) is 6.51. The summed E-state index contributed by atoms with van der Waals surface area (Å²) in [5.74, 6) is 2.61. The van der Waals surface area contributed by atoms with Crippen molar-refractivity contribution in [1.29, 1.82) is 0 Å². The lowest BCUT2D eigenvalue weighted by atomic mass is 9.96. The fraction of sp³-hybridized carbons (Fsp3) is 0.478. The molecule has 4 atom stereocenters. The summed E-state index contributed by atoms with van der Waals surface area (Å²) in [6.07, 6.45) is 3.34. The summed E-state index contributed by atoms with van der Waals surface area (Å²) < 4.78 is 0. The van der Waals surface area contributed by atoms with Crippen molar-refractivity contribution in [3.63, 3.8) is 0 Å². The standard InChI is InChI=1S/C23H29NO2/c1-16(23(26)19-7-9-22(25)10-8-19)24-14-20-12-18(13-21(20)15-24)11-17-5-3-2-4-6-17/h2-10,16,18,20-21,23,25-26H,11-15H2,1H3. The average molecular weight is 351 g/mol. The van der Waals surface area contributed by atoms with Crippen LogP contribution in [0.5, 0.6) is 5.75 Å². The maximum Gasteiger partial charge on any atom is 0.115 e. The Morgan fingerprint density at radius 1 is 0.962 bits per heavy atom. The predicted molar refractivity (Wildman–Crippen MR) is 104 cm³/mol. The van der Waals surface area contributed by atoms with Crippen LogP contribution in [-0.4, -0.2) is 34.2 Å². The van der Waals surface area contributed by atoms with Gasteiger partial charge in [0.15, 0.2) is 0 Å². The van der Waals surface area contributed by atoms with Gasteiger partial charge in [0.1, 0.15) is 5.75 Å². The van der Waals surface area contributed by atoms with Crippen molar-refractivity contribution in [2.75, 3.05) is 13.1 Å². The fourth-order valence-corrected chi connectivity index (χ4v) is 5.06. The third kappa shape index (κ3) is 3.65. The summed E-state index contributed by atoms with van der Waals surface area (Å²) in [4.78, 5) is 2.46. The van der Waals surface area contributed by atoms with Gasteiger partial charge in [-0.1, -0.05) is 42.5 Å². The van der Waals surface area contributed by atoms with E-state index in [1.165, 1.54) is 24.8 Å². The van der Waals surface area contributed by atoms with E-state index >= 15 is 0 Å². The number of rotatable bonds is 5. The van der Waals surface area contributed by atoms with Gasteiger partial charge in [-0.05, 0) is 67.2 Å². The van der Waals surface area contributed by atoms with Gasteiger partial charge >= 0.3 is 0 Å². The van der Waals surface area contributed by atoms with Gasteiger partial charge in [0, 0.05) is 19.1 Å². The minimum atomic E-state index is -0.505. The molecule has 1 saturated carbocycles. The van der Waals surface area contributed by atoms with Crippen LogP contribution < -0.4 is 0 Å². The number of benzene rings is 2. The molecule has 138 valence electrons. The molecule has 4 unspecified atom stereocenters. The first-order valence-electron chi connectivity index (χ1n) is 9.85. The summed E-state index contributed by atoms with van der Waals surface area (Å²) in [7, 11) is 0. The molecule has 0 spiro atoms. The molecule has 2 aromatic carbocycles. The molecular weight excluding hydrogens is 322 g/mol. The first-order valence-corrected chi connectivity index (χ1v) is 9.85. The van der Waals surface area contributed by atoms with Crippen LogP contribution in [0, 0.1) is 17.8 Å². The minimum absolute atomic E-state index is 0.109.